The normalized spacial score (nSPS) is 11.1. The molecule has 0 N–H and O–H groups in total. The van der Waals surface area contributed by atoms with E-state index in [1.165, 1.54) is 11.8 Å². The number of rotatable bonds is 6. The van der Waals surface area contributed by atoms with Crippen molar-refractivity contribution in [1.29, 1.82) is 5.26 Å². The highest BCUT2D eigenvalue weighted by Gasteiger charge is 2.18. The zero-order valence-electron chi connectivity index (χ0n) is 15.8. The van der Waals surface area contributed by atoms with E-state index in [1.54, 1.807) is 40.2 Å². The first-order chi connectivity index (χ1) is 12.9. The molecule has 0 saturated carbocycles. The van der Waals surface area contributed by atoms with Crippen LogP contribution >= 0.6 is 23.1 Å². The second kappa shape index (κ2) is 8.15. The molecule has 7 heteroatoms. The van der Waals surface area contributed by atoms with Crippen LogP contribution in [-0.4, -0.2) is 21.9 Å². The topological polar surface area (TPSA) is 67.9 Å². The van der Waals surface area contributed by atoms with Crippen LogP contribution in [0.5, 0.6) is 5.75 Å². The maximum atomic E-state index is 13.0. The molecule has 2 heterocycles. The largest absolute Gasteiger partial charge is 0.493 e. The summed E-state index contributed by atoms with van der Waals surface area (Å²) in [7, 11) is 0. The second-order valence-corrected chi connectivity index (χ2v) is 8.73. The fourth-order valence-corrected chi connectivity index (χ4v) is 4.78. The third-order valence-electron chi connectivity index (χ3n) is 4.29. The van der Waals surface area contributed by atoms with Gasteiger partial charge in [0.2, 0.25) is 0 Å². The van der Waals surface area contributed by atoms with E-state index in [9.17, 15) is 4.79 Å². The minimum absolute atomic E-state index is 0.0346. The maximum Gasteiger partial charge on any atom is 0.263 e. The van der Waals surface area contributed by atoms with E-state index in [0.717, 1.165) is 31.6 Å². The monoisotopic (exact) mass is 399 g/mol. The molecule has 3 rings (SSSR count). The Balaban J connectivity index is 1.76. The number of nitriles is 1. The SMILES string of the molecule is Cc1sc2nc(SCCOc3ccc(C#N)cc3)n(C(C)C)c(=O)c2c1C. The lowest BCUT2D eigenvalue weighted by Crippen LogP contribution is -2.25. The molecule has 0 aliphatic carbocycles. The summed E-state index contributed by atoms with van der Waals surface area (Å²) in [6.45, 7) is 8.51. The number of thioether (sulfide) groups is 1. The quantitative estimate of drug-likeness (QED) is 0.341. The lowest BCUT2D eigenvalue weighted by molar-refractivity contribution is 0.343. The van der Waals surface area contributed by atoms with Crippen LogP contribution in [0.1, 0.15) is 35.9 Å². The molecule has 0 fully saturated rings. The van der Waals surface area contributed by atoms with Gasteiger partial charge in [-0.15, -0.1) is 11.3 Å². The highest BCUT2D eigenvalue weighted by atomic mass is 32.2. The zero-order valence-corrected chi connectivity index (χ0v) is 17.4. The van der Waals surface area contributed by atoms with Gasteiger partial charge in [0.1, 0.15) is 10.6 Å². The molecule has 0 radical (unpaired) electrons. The van der Waals surface area contributed by atoms with Gasteiger partial charge in [0, 0.05) is 16.7 Å². The van der Waals surface area contributed by atoms with Crippen molar-refractivity contribution in [2.75, 3.05) is 12.4 Å². The molecular formula is C20H21N3O2S2. The predicted molar refractivity (Wildman–Crippen MR) is 111 cm³/mol. The molecular weight excluding hydrogens is 378 g/mol. The van der Waals surface area contributed by atoms with Crippen LogP contribution in [0.4, 0.5) is 0 Å². The molecule has 0 amide bonds. The zero-order chi connectivity index (χ0) is 19.6. The average molecular weight is 400 g/mol. The molecule has 27 heavy (non-hydrogen) atoms. The molecule has 0 unspecified atom stereocenters. The van der Waals surface area contributed by atoms with Crippen LogP contribution in [0.25, 0.3) is 10.2 Å². The highest BCUT2D eigenvalue weighted by molar-refractivity contribution is 7.99. The third-order valence-corrected chi connectivity index (χ3v) is 6.30. The predicted octanol–water partition coefficient (Wildman–Crippen LogP) is 4.70. The van der Waals surface area contributed by atoms with E-state index >= 15 is 0 Å². The summed E-state index contributed by atoms with van der Waals surface area (Å²) in [5, 5.41) is 10.3. The number of nitrogens with zero attached hydrogens (tertiary/aromatic N) is 3. The highest BCUT2D eigenvalue weighted by Crippen LogP contribution is 2.29. The fourth-order valence-electron chi connectivity index (χ4n) is 2.76. The van der Waals surface area contributed by atoms with Gasteiger partial charge in [0.05, 0.1) is 23.6 Å². The standard InChI is InChI=1S/C20H21N3O2S2/c1-12(2)23-19(24)17-13(3)14(4)27-18(17)22-20(23)26-10-9-25-16-7-5-15(11-21)6-8-16/h5-8,12H,9-10H2,1-4H3. The first kappa shape index (κ1) is 19.5. The lowest BCUT2D eigenvalue weighted by Gasteiger charge is -2.15. The Morgan fingerprint density at radius 2 is 2.00 bits per heavy atom. The van der Waals surface area contributed by atoms with Crippen molar-refractivity contribution in [2.24, 2.45) is 0 Å². The molecule has 140 valence electrons. The van der Waals surface area contributed by atoms with E-state index in [1.807, 2.05) is 27.7 Å². The van der Waals surface area contributed by atoms with E-state index in [4.69, 9.17) is 15.0 Å². The van der Waals surface area contributed by atoms with Gasteiger partial charge in [-0.3, -0.25) is 9.36 Å². The van der Waals surface area contributed by atoms with E-state index in [0.29, 0.717) is 17.9 Å². The van der Waals surface area contributed by atoms with Crippen molar-refractivity contribution in [1.82, 2.24) is 9.55 Å². The molecule has 3 aromatic rings. The maximum absolute atomic E-state index is 13.0. The lowest BCUT2D eigenvalue weighted by atomic mass is 10.2. The summed E-state index contributed by atoms with van der Waals surface area (Å²) in [5.74, 6) is 1.40. The summed E-state index contributed by atoms with van der Waals surface area (Å²) in [4.78, 5) is 19.7. The Bertz CT molecular complexity index is 1060. The molecule has 0 atom stereocenters. The number of aromatic nitrogens is 2. The van der Waals surface area contributed by atoms with Gasteiger partial charge in [0.25, 0.3) is 5.56 Å². The molecule has 0 spiro atoms. The first-order valence-corrected chi connectivity index (χ1v) is 10.5. The molecule has 0 aliphatic heterocycles. The number of thiophene rings is 1. The van der Waals surface area contributed by atoms with Crippen molar-refractivity contribution >= 4 is 33.3 Å². The number of hydrogen-bond acceptors (Lipinski definition) is 6. The Labute approximate surface area is 166 Å². The van der Waals surface area contributed by atoms with Gasteiger partial charge in [-0.05, 0) is 57.5 Å². The van der Waals surface area contributed by atoms with Gasteiger partial charge < -0.3 is 4.74 Å². The minimum atomic E-state index is 0.0346. The van der Waals surface area contributed by atoms with Crippen molar-refractivity contribution in [3.05, 3.63) is 50.6 Å². The van der Waals surface area contributed by atoms with Crippen LogP contribution < -0.4 is 10.3 Å². The third kappa shape index (κ3) is 4.02. The van der Waals surface area contributed by atoms with Crippen molar-refractivity contribution < 1.29 is 4.74 Å². The van der Waals surface area contributed by atoms with Crippen LogP contribution in [0.3, 0.4) is 0 Å². The Kier molecular flexibility index (Phi) is 5.88. The van der Waals surface area contributed by atoms with Crippen LogP contribution in [0, 0.1) is 25.2 Å². The minimum Gasteiger partial charge on any atom is -0.493 e. The Morgan fingerprint density at radius 3 is 2.63 bits per heavy atom. The molecule has 0 aliphatic rings. The average Bonchev–Trinajstić information content (AvgIpc) is 2.93. The Morgan fingerprint density at radius 1 is 1.30 bits per heavy atom. The number of ether oxygens (including phenoxy) is 1. The summed E-state index contributed by atoms with van der Waals surface area (Å²) >= 11 is 3.10. The van der Waals surface area contributed by atoms with Gasteiger partial charge in [-0.25, -0.2) is 4.98 Å². The van der Waals surface area contributed by atoms with Crippen LogP contribution in [0.15, 0.2) is 34.2 Å². The number of aryl methyl sites for hydroxylation is 2. The Hall–Kier alpha value is -2.30. The molecule has 5 nitrogen and oxygen atoms in total. The summed E-state index contributed by atoms with van der Waals surface area (Å²) in [6.07, 6.45) is 0. The van der Waals surface area contributed by atoms with Crippen molar-refractivity contribution in [2.45, 2.75) is 38.9 Å². The van der Waals surface area contributed by atoms with Gasteiger partial charge >= 0.3 is 0 Å². The number of benzene rings is 1. The number of hydrogen-bond donors (Lipinski definition) is 0. The van der Waals surface area contributed by atoms with Gasteiger partial charge in [-0.1, -0.05) is 11.8 Å². The van der Waals surface area contributed by atoms with E-state index in [2.05, 4.69) is 6.07 Å². The fraction of sp³-hybridized carbons (Fsp3) is 0.350. The van der Waals surface area contributed by atoms with Gasteiger partial charge in [0.15, 0.2) is 5.16 Å². The summed E-state index contributed by atoms with van der Waals surface area (Å²) in [5.41, 5.74) is 1.67. The second-order valence-electron chi connectivity index (χ2n) is 6.46. The van der Waals surface area contributed by atoms with Crippen LogP contribution in [0.2, 0.25) is 0 Å². The van der Waals surface area contributed by atoms with E-state index < -0.39 is 0 Å². The van der Waals surface area contributed by atoms with Crippen LogP contribution in [-0.2, 0) is 0 Å². The summed E-state index contributed by atoms with van der Waals surface area (Å²) in [6, 6.07) is 9.16. The summed E-state index contributed by atoms with van der Waals surface area (Å²) < 4.78 is 7.50. The van der Waals surface area contributed by atoms with Crippen molar-refractivity contribution in [3.8, 4) is 11.8 Å². The molecule has 2 aromatic heterocycles. The van der Waals surface area contributed by atoms with Crippen molar-refractivity contribution in [3.63, 3.8) is 0 Å². The molecule has 0 saturated heterocycles. The smallest absolute Gasteiger partial charge is 0.263 e. The molecule has 1 aromatic carbocycles. The molecule has 0 bridgehead atoms. The first-order valence-electron chi connectivity index (χ1n) is 8.70. The number of fused-ring (bicyclic) bond motifs is 1. The van der Waals surface area contributed by atoms with Gasteiger partial charge in [-0.2, -0.15) is 5.26 Å². The van der Waals surface area contributed by atoms with E-state index in [-0.39, 0.29) is 11.6 Å².